The minimum atomic E-state index is -4.80. The number of halogens is 5. The summed E-state index contributed by atoms with van der Waals surface area (Å²) in [5, 5.41) is 7.21. The van der Waals surface area contributed by atoms with Crippen molar-refractivity contribution < 1.29 is 26.7 Å². The zero-order chi connectivity index (χ0) is 22.6. The summed E-state index contributed by atoms with van der Waals surface area (Å²) >= 11 is 1.32. The van der Waals surface area contributed by atoms with Crippen molar-refractivity contribution in [3.8, 4) is 0 Å². The molecule has 0 saturated heterocycles. The van der Waals surface area contributed by atoms with Gasteiger partial charge in [-0.3, -0.25) is 9.48 Å². The van der Waals surface area contributed by atoms with Crippen LogP contribution in [-0.4, -0.2) is 32.8 Å². The normalized spacial score (nSPS) is 19.7. The topological polar surface area (TPSA) is 59.8 Å². The van der Waals surface area contributed by atoms with Crippen LogP contribution >= 0.6 is 11.8 Å². The van der Waals surface area contributed by atoms with E-state index in [9.17, 15) is 26.7 Å². The first-order chi connectivity index (χ1) is 14.4. The third kappa shape index (κ3) is 4.56. The van der Waals surface area contributed by atoms with Crippen LogP contribution in [0.15, 0.2) is 23.4 Å². The van der Waals surface area contributed by atoms with Crippen LogP contribution < -0.4 is 5.32 Å². The van der Waals surface area contributed by atoms with E-state index >= 15 is 0 Å². The van der Waals surface area contributed by atoms with Crippen LogP contribution in [0.4, 0.5) is 27.6 Å². The Morgan fingerprint density at radius 3 is 2.55 bits per heavy atom. The van der Waals surface area contributed by atoms with E-state index in [0.29, 0.717) is 23.6 Å². The van der Waals surface area contributed by atoms with E-state index in [0.717, 1.165) is 4.68 Å². The lowest BCUT2D eigenvalue weighted by Crippen LogP contribution is -2.47. The number of thioether (sulfide) groups is 1. The third-order valence-corrected chi connectivity index (χ3v) is 6.19. The van der Waals surface area contributed by atoms with E-state index in [4.69, 9.17) is 0 Å². The first-order valence-electron chi connectivity index (χ1n) is 9.78. The predicted octanol–water partition coefficient (Wildman–Crippen LogP) is 5.58. The lowest BCUT2D eigenvalue weighted by molar-refractivity contribution is -0.160. The standard InChI is InChI=1S/C20H21F5N4OS/c1-18(8-19(21,22)9-18)10-29-16(14(20(23,24)25)15(28-29)11-3-4-11)17(30)27-12-5-6-26-13(7-12)31-2/h5-7,11H,3-4,8-10H2,1-2H3,(H,26,27,30). The van der Waals surface area contributed by atoms with Gasteiger partial charge in [0.2, 0.25) is 5.92 Å². The summed E-state index contributed by atoms with van der Waals surface area (Å²) < 4.78 is 70.0. The molecular formula is C20H21F5N4OS. The number of carbonyl (C=O) groups is 1. The van der Waals surface area contributed by atoms with Crippen molar-refractivity contribution in [3.63, 3.8) is 0 Å². The number of rotatable bonds is 6. The molecule has 1 N–H and O–H groups in total. The van der Waals surface area contributed by atoms with Crippen LogP contribution in [0.25, 0.3) is 0 Å². The van der Waals surface area contributed by atoms with Gasteiger partial charge >= 0.3 is 6.18 Å². The number of alkyl halides is 5. The highest BCUT2D eigenvalue weighted by Gasteiger charge is 2.55. The van der Waals surface area contributed by atoms with E-state index in [2.05, 4.69) is 15.4 Å². The van der Waals surface area contributed by atoms with Gasteiger partial charge in [0.1, 0.15) is 11.3 Å². The van der Waals surface area contributed by atoms with E-state index in [1.165, 1.54) is 24.0 Å². The summed E-state index contributed by atoms with van der Waals surface area (Å²) in [7, 11) is 0. The molecule has 1 amide bonds. The first-order valence-corrected chi connectivity index (χ1v) is 11.0. The summed E-state index contributed by atoms with van der Waals surface area (Å²) in [5.41, 5.74) is -2.52. The molecule has 0 unspecified atom stereocenters. The second-order valence-electron chi connectivity index (χ2n) is 8.60. The minimum absolute atomic E-state index is 0.174. The average molecular weight is 460 g/mol. The van der Waals surface area contributed by atoms with Crippen molar-refractivity contribution in [2.75, 3.05) is 11.6 Å². The number of hydrogen-bond acceptors (Lipinski definition) is 4. The van der Waals surface area contributed by atoms with Gasteiger partial charge in [-0.2, -0.15) is 18.3 Å². The molecule has 2 aliphatic rings. The molecule has 2 aliphatic carbocycles. The quantitative estimate of drug-likeness (QED) is 0.451. The van der Waals surface area contributed by atoms with Crippen LogP contribution in [0.5, 0.6) is 0 Å². The Labute approximate surface area is 179 Å². The maximum Gasteiger partial charge on any atom is 0.420 e. The number of anilines is 1. The molecule has 2 saturated carbocycles. The van der Waals surface area contributed by atoms with Crippen molar-refractivity contribution in [1.29, 1.82) is 0 Å². The summed E-state index contributed by atoms with van der Waals surface area (Å²) in [6.45, 7) is 1.39. The molecular weight excluding hydrogens is 439 g/mol. The molecule has 0 bridgehead atoms. The smallest absolute Gasteiger partial charge is 0.321 e. The maximum atomic E-state index is 14.0. The van der Waals surface area contributed by atoms with E-state index in [1.54, 1.807) is 19.2 Å². The Morgan fingerprint density at radius 1 is 1.32 bits per heavy atom. The highest BCUT2D eigenvalue weighted by atomic mass is 32.2. The lowest BCUT2D eigenvalue weighted by Gasteiger charge is -2.44. The molecule has 5 nitrogen and oxygen atoms in total. The molecule has 0 aliphatic heterocycles. The van der Waals surface area contributed by atoms with Gasteiger partial charge in [0, 0.05) is 37.2 Å². The first kappa shape index (κ1) is 22.0. The molecule has 2 fully saturated rings. The second-order valence-corrected chi connectivity index (χ2v) is 9.43. The Kier molecular flexibility index (Phi) is 5.30. The van der Waals surface area contributed by atoms with Crippen molar-refractivity contribution in [2.45, 2.75) is 62.2 Å². The van der Waals surface area contributed by atoms with Crippen molar-refractivity contribution in [2.24, 2.45) is 5.41 Å². The SMILES string of the molecule is CSc1cc(NC(=O)c2c(C(F)(F)F)c(C3CC3)nn2CC2(C)CC(F)(F)C2)ccn1. The fraction of sp³-hybridized carbons (Fsp3) is 0.550. The summed E-state index contributed by atoms with van der Waals surface area (Å²) in [4.78, 5) is 17.1. The van der Waals surface area contributed by atoms with Gasteiger partial charge < -0.3 is 5.32 Å². The fourth-order valence-electron chi connectivity index (χ4n) is 4.21. The van der Waals surface area contributed by atoms with Crippen LogP contribution in [0.3, 0.4) is 0 Å². The largest absolute Gasteiger partial charge is 0.420 e. The van der Waals surface area contributed by atoms with Gasteiger partial charge in [-0.1, -0.05) is 6.92 Å². The number of amides is 1. The molecule has 31 heavy (non-hydrogen) atoms. The van der Waals surface area contributed by atoms with Crippen LogP contribution in [0.1, 0.15) is 60.3 Å². The average Bonchev–Trinajstić information content (AvgIpc) is 3.40. The van der Waals surface area contributed by atoms with Crippen LogP contribution in [0, 0.1) is 5.41 Å². The Morgan fingerprint density at radius 2 is 2.00 bits per heavy atom. The van der Waals surface area contributed by atoms with Crippen molar-refractivity contribution >= 4 is 23.4 Å². The van der Waals surface area contributed by atoms with Gasteiger partial charge in [-0.05, 0) is 36.6 Å². The van der Waals surface area contributed by atoms with Gasteiger partial charge in [-0.15, -0.1) is 11.8 Å². The maximum absolute atomic E-state index is 14.0. The number of nitrogens with one attached hydrogen (secondary N) is 1. The van der Waals surface area contributed by atoms with Gasteiger partial charge in [0.15, 0.2) is 0 Å². The molecule has 0 radical (unpaired) electrons. The molecule has 4 rings (SSSR count). The van der Waals surface area contributed by atoms with Crippen LogP contribution in [0.2, 0.25) is 0 Å². The highest BCUT2D eigenvalue weighted by molar-refractivity contribution is 7.98. The van der Waals surface area contributed by atoms with Gasteiger partial charge in [0.05, 0.1) is 10.7 Å². The van der Waals surface area contributed by atoms with E-state index < -0.39 is 47.5 Å². The molecule has 11 heteroatoms. The minimum Gasteiger partial charge on any atom is -0.321 e. The summed E-state index contributed by atoms with van der Waals surface area (Å²) in [6.07, 6.45) is -1.38. The van der Waals surface area contributed by atoms with Crippen LogP contribution in [-0.2, 0) is 12.7 Å². The molecule has 0 atom stereocenters. The Bertz CT molecular complexity index is 1010. The fourth-order valence-corrected chi connectivity index (χ4v) is 4.62. The second kappa shape index (κ2) is 7.46. The van der Waals surface area contributed by atoms with E-state index in [-0.39, 0.29) is 18.2 Å². The zero-order valence-corrected chi connectivity index (χ0v) is 17.7. The molecule has 2 aromatic rings. The molecule has 2 aromatic heterocycles. The summed E-state index contributed by atoms with van der Waals surface area (Å²) in [6, 6.07) is 3.02. The van der Waals surface area contributed by atoms with E-state index in [1.807, 2.05) is 0 Å². The Balaban J connectivity index is 1.73. The zero-order valence-electron chi connectivity index (χ0n) is 16.9. The molecule has 2 heterocycles. The number of nitrogens with zero attached hydrogens (tertiary/aromatic N) is 3. The molecule has 168 valence electrons. The van der Waals surface area contributed by atoms with Crippen molar-refractivity contribution in [1.82, 2.24) is 14.8 Å². The number of aromatic nitrogens is 3. The number of pyridine rings is 1. The molecule has 0 spiro atoms. The predicted molar refractivity (Wildman–Crippen MR) is 105 cm³/mol. The number of hydrogen-bond donors (Lipinski definition) is 1. The van der Waals surface area contributed by atoms with Crippen molar-refractivity contribution in [3.05, 3.63) is 35.3 Å². The lowest BCUT2D eigenvalue weighted by atomic mass is 9.67. The van der Waals surface area contributed by atoms with Gasteiger partial charge in [0.25, 0.3) is 5.91 Å². The Hall–Kier alpha value is -2.17. The molecule has 0 aromatic carbocycles. The van der Waals surface area contributed by atoms with Gasteiger partial charge in [-0.25, -0.2) is 13.8 Å². The monoisotopic (exact) mass is 460 g/mol. The number of carbonyl (C=O) groups excluding carboxylic acids is 1. The third-order valence-electron chi connectivity index (χ3n) is 5.55. The summed E-state index contributed by atoms with van der Waals surface area (Å²) in [5.74, 6) is -4.19. The highest BCUT2D eigenvalue weighted by Crippen LogP contribution is 2.53.